The highest BCUT2D eigenvalue weighted by atomic mass is 35.5. The fraction of sp³-hybridized carbons (Fsp3) is 0.500. The lowest BCUT2D eigenvalue weighted by Crippen LogP contribution is -2.34. The van der Waals surface area contributed by atoms with Gasteiger partial charge < -0.3 is 15.4 Å². The molecule has 0 radical (unpaired) electrons. The Labute approximate surface area is 118 Å². The van der Waals surface area contributed by atoms with E-state index in [-0.39, 0.29) is 18.6 Å². The SMILES string of the molecule is Cc1ccc(Cl)c(NC(=O)COC2CCNCC2)c1. The van der Waals surface area contributed by atoms with Crippen LogP contribution < -0.4 is 10.6 Å². The quantitative estimate of drug-likeness (QED) is 0.891. The molecule has 2 N–H and O–H groups in total. The molecule has 0 spiro atoms. The number of ether oxygens (including phenoxy) is 1. The average Bonchev–Trinajstić information content (AvgIpc) is 2.42. The smallest absolute Gasteiger partial charge is 0.250 e. The maximum Gasteiger partial charge on any atom is 0.250 e. The van der Waals surface area contributed by atoms with Gasteiger partial charge in [-0.25, -0.2) is 0 Å². The minimum absolute atomic E-state index is 0.0783. The van der Waals surface area contributed by atoms with E-state index in [1.165, 1.54) is 0 Å². The van der Waals surface area contributed by atoms with Gasteiger partial charge in [0.25, 0.3) is 0 Å². The number of anilines is 1. The highest BCUT2D eigenvalue weighted by Gasteiger charge is 2.15. The summed E-state index contributed by atoms with van der Waals surface area (Å²) < 4.78 is 5.59. The van der Waals surface area contributed by atoms with Gasteiger partial charge in [-0.2, -0.15) is 0 Å². The normalized spacial score (nSPS) is 16.3. The molecule has 5 heteroatoms. The Kier molecular flexibility index (Phi) is 5.19. The second-order valence-corrected chi connectivity index (χ2v) is 5.20. The van der Waals surface area contributed by atoms with Crippen LogP contribution in [0.25, 0.3) is 0 Å². The lowest BCUT2D eigenvalue weighted by atomic mass is 10.1. The van der Waals surface area contributed by atoms with E-state index in [9.17, 15) is 4.79 Å². The summed E-state index contributed by atoms with van der Waals surface area (Å²) in [5, 5.41) is 6.58. The van der Waals surface area contributed by atoms with Crippen LogP contribution in [0.3, 0.4) is 0 Å². The highest BCUT2D eigenvalue weighted by Crippen LogP contribution is 2.22. The Morgan fingerprint density at radius 1 is 1.47 bits per heavy atom. The molecular formula is C14H19ClN2O2. The molecule has 1 fully saturated rings. The third-order valence-electron chi connectivity index (χ3n) is 3.13. The van der Waals surface area contributed by atoms with E-state index in [2.05, 4.69) is 10.6 Å². The number of carbonyl (C=O) groups is 1. The monoisotopic (exact) mass is 282 g/mol. The summed E-state index contributed by atoms with van der Waals surface area (Å²) >= 11 is 6.03. The Morgan fingerprint density at radius 3 is 2.95 bits per heavy atom. The number of piperidine rings is 1. The molecule has 104 valence electrons. The van der Waals surface area contributed by atoms with Gasteiger partial charge in [-0.1, -0.05) is 17.7 Å². The fourth-order valence-corrected chi connectivity index (χ4v) is 2.24. The molecule has 0 bridgehead atoms. The molecule has 1 amide bonds. The molecule has 0 saturated carbocycles. The van der Waals surface area contributed by atoms with E-state index >= 15 is 0 Å². The molecule has 1 heterocycles. The molecular weight excluding hydrogens is 264 g/mol. The first kappa shape index (κ1) is 14.3. The predicted octanol–water partition coefficient (Wildman–Crippen LogP) is 2.36. The van der Waals surface area contributed by atoms with Crippen molar-refractivity contribution in [2.24, 2.45) is 0 Å². The van der Waals surface area contributed by atoms with E-state index in [0.29, 0.717) is 10.7 Å². The zero-order chi connectivity index (χ0) is 13.7. The number of benzene rings is 1. The summed E-state index contributed by atoms with van der Waals surface area (Å²) in [5.41, 5.74) is 1.69. The van der Waals surface area contributed by atoms with E-state index in [0.717, 1.165) is 31.5 Å². The van der Waals surface area contributed by atoms with Gasteiger partial charge in [-0.3, -0.25) is 4.79 Å². The van der Waals surface area contributed by atoms with Crippen LogP contribution in [0, 0.1) is 6.92 Å². The van der Waals surface area contributed by atoms with Crippen molar-refractivity contribution in [1.29, 1.82) is 0 Å². The first-order chi connectivity index (χ1) is 9.15. The van der Waals surface area contributed by atoms with Crippen molar-refractivity contribution in [3.8, 4) is 0 Å². The molecule has 1 aliphatic rings. The van der Waals surface area contributed by atoms with Crippen molar-refractivity contribution < 1.29 is 9.53 Å². The Balaban J connectivity index is 1.81. The largest absolute Gasteiger partial charge is 0.368 e. The van der Waals surface area contributed by atoms with E-state index in [1.807, 2.05) is 19.1 Å². The number of aryl methyl sites for hydroxylation is 1. The van der Waals surface area contributed by atoms with Gasteiger partial charge in [0, 0.05) is 0 Å². The minimum atomic E-state index is -0.161. The summed E-state index contributed by atoms with van der Waals surface area (Å²) in [6.45, 7) is 3.94. The zero-order valence-electron chi connectivity index (χ0n) is 11.0. The Bertz CT molecular complexity index is 445. The molecule has 0 atom stereocenters. The summed E-state index contributed by atoms with van der Waals surface area (Å²) in [4.78, 5) is 11.8. The Morgan fingerprint density at radius 2 is 2.21 bits per heavy atom. The summed E-state index contributed by atoms with van der Waals surface area (Å²) in [6.07, 6.45) is 2.09. The number of hydrogen-bond donors (Lipinski definition) is 2. The molecule has 19 heavy (non-hydrogen) atoms. The van der Waals surface area contributed by atoms with Gasteiger partial charge in [-0.05, 0) is 50.6 Å². The third kappa shape index (κ3) is 4.49. The van der Waals surface area contributed by atoms with E-state index in [4.69, 9.17) is 16.3 Å². The average molecular weight is 283 g/mol. The number of hydrogen-bond acceptors (Lipinski definition) is 3. The van der Waals surface area contributed by atoms with Gasteiger partial charge in [0.1, 0.15) is 6.61 Å². The molecule has 0 aliphatic carbocycles. The second-order valence-electron chi connectivity index (χ2n) is 4.79. The van der Waals surface area contributed by atoms with Crippen molar-refractivity contribution in [2.45, 2.75) is 25.9 Å². The Hall–Kier alpha value is -1.10. The van der Waals surface area contributed by atoms with Crippen LogP contribution in [0.5, 0.6) is 0 Å². The van der Waals surface area contributed by atoms with Crippen molar-refractivity contribution >= 4 is 23.2 Å². The molecule has 1 aromatic rings. The number of nitrogens with one attached hydrogen (secondary N) is 2. The standard InChI is InChI=1S/C14H19ClN2O2/c1-10-2-3-12(15)13(8-10)17-14(18)9-19-11-4-6-16-7-5-11/h2-3,8,11,16H,4-7,9H2,1H3,(H,17,18). The molecule has 1 saturated heterocycles. The summed E-state index contributed by atoms with van der Waals surface area (Å²) in [5.74, 6) is -0.161. The van der Waals surface area contributed by atoms with Gasteiger partial charge in [0.15, 0.2) is 0 Å². The van der Waals surface area contributed by atoms with Crippen LogP contribution in [0.15, 0.2) is 18.2 Å². The van der Waals surface area contributed by atoms with Crippen LogP contribution in [0.2, 0.25) is 5.02 Å². The van der Waals surface area contributed by atoms with Crippen LogP contribution in [0.4, 0.5) is 5.69 Å². The van der Waals surface area contributed by atoms with Crippen molar-refractivity contribution in [1.82, 2.24) is 5.32 Å². The van der Waals surface area contributed by atoms with Crippen molar-refractivity contribution in [2.75, 3.05) is 25.0 Å². The fourth-order valence-electron chi connectivity index (χ4n) is 2.08. The van der Waals surface area contributed by atoms with Crippen molar-refractivity contribution in [3.05, 3.63) is 28.8 Å². The lowest BCUT2D eigenvalue weighted by Gasteiger charge is -2.22. The van der Waals surface area contributed by atoms with Crippen LogP contribution in [-0.4, -0.2) is 31.7 Å². The lowest BCUT2D eigenvalue weighted by molar-refractivity contribution is -0.123. The predicted molar refractivity (Wildman–Crippen MR) is 76.7 cm³/mol. The maximum atomic E-state index is 11.8. The van der Waals surface area contributed by atoms with Gasteiger partial charge in [0.2, 0.25) is 5.91 Å². The van der Waals surface area contributed by atoms with Gasteiger partial charge in [-0.15, -0.1) is 0 Å². The summed E-state index contributed by atoms with van der Waals surface area (Å²) in [6, 6.07) is 5.54. The van der Waals surface area contributed by atoms with Crippen LogP contribution in [0.1, 0.15) is 18.4 Å². The van der Waals surface area contributed by atoms with Gasteiger partial charge in [0.05, 0.1) is 16.8 Å². The summed E-state index contributed by atoms with van der Waals surface area (Å²) in [7, 11) is 0. The highest BCUT2D eigenvalue weighted by molar-refractivity contribution is 6.33. The number of carbonyl (C=O) groups excluding carboxylic acids is 1. The molecule has 1 aliphatic heterocycles. The van der Waals surface area contributed by atoms with Crippen LogP contribution in [-0.2, 0) is 9.53 Å². The number of halogens is 1. The van der Waals surface area contributed by atoms with Gasteiger partial charge >= 0.3 is 0 Å². The second kappa shape index (κ2) is 6.89. The minimum Gasteiger partial charge on any atom is -0.368 e. The van der Waals surface area contributed by atoms with E-state index < -0.39 is 0 Å². The molecule has 2 rings (SSSR count). The molecule has 0 aromatic heterocycles. The van der Waals surface area contributed by atoms with E-state index in [1.54, 1.807) is 6.07 Å². The zero-order valence-corrected chi connectivity index (χ0v) is 11.8. The number of rotatable bonds is 4. The maximum absolute atomic E-state index is 11.8. The first-order valence-corrected chi connectivity index (χ1v) is 6.91. The topological polar surface area (TPSA) is 50.4 Å². The first-order valence-electron chi connectivity index (χ1n) is 6.53. The van der Waals surface area contributed by atoms with Crippen LogP contribution >= 0.6 is 11.6 Å². The molecule has 4 nitrogen and oxygen atoms in total. The molecule has 0 unspecified atom stereocenters. The molecule has 1 aromatic carbocycles. The number of amides is 1. The van der Waals surface area contributed by atoms with Crippen molar-refractivity contribution in [3.63, 3.8) is 0 Å². The third-order valence-corrected chi connectivity index (χ3v) is 3.46.